The number of nitro benzene ring substituents is 1. The van der Waals surface area contributed by atoms with E-state index < -0.39 is 4.92 Å². The van der Waals surface area contributed by atoms with E-state index in [9.17, 15) is 20.0 Å². The summed E-state index contributed by atoms with van der Waals surface area (Å²) in [6.45, 7) is 3.44. The fourth-order valence-electron chi connectivity index (χ4n) is 3.45. The highest BCUT2D eigenvalue weighted by molar-refractivity contribution is 5.94. The highest BCUT2D eigenvalue weighted by Gasteiger charge is 2.25. The average molecular weight is 402 g/mol. The molecule has 0 atom stereocenters. The van der Waals surface area contributed by atoms with Crippen LogP contribution in [0, 0.1) is 10.1 Å². The second-order valence-electron chi connectivity index (χ2n) is 6.87. The van der Waals surface area contributed by atoms with E-state index in [1.807, 2.05) is 0 Å². The summed E-state index contributed by atoms with van der Waals surface area (Å²) in [4.78, 5) is 26.0. The highest BCUT2D eigenvalue weighted by atomic mass is 16.6. The second-order valence-corrected chi connectivity index (χ2v) is 6.87. The van der Waals surface area contributed by atoms with E-state index in [1.54, 1.807) is 17.0 Å². The molecular formula is C20H24N3O6+. The number of benzene rings is 2. The number of ether oxygens (including phenoxy) is 2. The van der Waals surface area contributed by atoms with Gasteiger partial charge in [-0.3, -0.25) is 14.9 Å². The number of amides is 1. The molecule has 29 heavy (non-hydrogen) atoms. The van der Waals surface area contributed by atoms with Crippen LogP contribution in [0.4, 0.5) is 5.69 Å². The van der Waals surface area contributed by atoms with Gasteiger partial charge in [0, 0.05) is 23.3 Å². The van der Waals surface area contributed by atoms with Crippen LogP contribution in [-0.4, -0.2) is 61.2 Å². The zero-order valence-electron chi connectivity index (χ0n) is 16.4. The van der Waals surface area contributed by atoms with Gasteiger partial charge < -0.3 is 24.4 Å². The number of phenols is 1. The normalized spacial score (nSPS) is 14.5. The fraction of sp³-hybridized carbons (Fsp3) is 0.350. The van der Waals surface area contributed by atoms with E-state index in [1.165, 1.54) is 43.4 Å². The molecule has 1 aliphatic rings. The number of quaternary nitrogens is 1. The van der Waals surface area contributed by atoms with E-state index in [4.69, 9.17) is 9.47 Å². The summed E-state index contributed by atoms with van der Waals surface area (Å²) in [5.41, 5.74) is 1.39. The minimum Gasteiger partial charge on any atom is -0.502 e. The first kappa shape index (κ1) is 20.4. The molecule has 0 unspecified atom stereocenters. The van der Waals surface area contributed by atoms with Gasteiger partial charge in [0.25, 0.3) is 11.6 Å². The van der Waals surface area contributed by atoms with Crippen molar-refractivity contribution in [3.8, 4) is 17.2 Å². The van der Waals surface area contributed by atoms with E-state index in [2.05, 4.69) is 0 Å². The Morgan fingerprint density at radius 3 is 2.17 bits per heavy atom. The van der Waals surface area contributed by atoms with Gasteiger partial charge in [0.1, 0.15) is 6.54 Å². The third kappa shape index (κ3) is 4.57. The van der Waals surface area contributed by atoms with Crippen LogP contribution in [0.3, 0.4) is 0 Å². The van der Waals surface area contributed by atoms with Crippen molar-refractivity contribution >= 4 is 11.6 Å². The van der Waals surface area contributed by atoms with E-state index in [0.29, 0.717) is 36.7 Å². The summed E-state index contributed by atoms with van der Waals surface area (Å²) in [5.74, 6) is 0.593. The number of phenolic OH excluding ortho intramolecular Hbond substituents is 1. The Morgan fingerprint density at radius 2 is 1.69 bits per heavy atom. The van der Waals surface area contributed by atoms with Crippen molar-refractivity contribution in [1.82, 2.24) is 4.90 Å². The van der Waals surface area contributed by atoms with Crippen molar-refractivity contribution in [3.63, 3.8) is 0 Å². The Morgan fingerprint density at radius 1 is 1.14 bits per heavy atom. The number of non-ortho nitro benzene ring substituents is 1. The number of hydrogen-bond donors (Lipinski definition) is 2. The zero-order chi connectivity index (χ0) is 21.0. The minimum atomic E-state index is -0.482. The molecule has 0 saturated carbocycles. The monoisotopic (exact) mass is 402 g/mol. The predicted octanol–water partition coefficient (Wildman–Crippen LogP) is 0.859. The molecule has 0 radical (unpaired) electrons. The molecule has 0 spiro atoms. The van der Waals surface area contributed by atoms with Crippen LogP contribution in [-0.2, 0) is 6.54 Å². The fourth-order valence-corrected chi connectivity index (χ4v) is 3.45. The van der Waals surface area contributed by atoms with Gasteiger partial charge in [0.15, 0.2) is 11.5 Å². The Kier molecular flexibility index (Phi) is 6.18. The number of aromatic hydroxyl groups is 1. The number of nitrogens with zero attached hydrogens (tertiary/aromatic N) is 2. The smallest absolute Gasteiger partial charge is 0.269 e. The van der Waals surface area contributed by atoms with Crippen LogP contribution in [0.1, 0.15) is 15.9 Å². The van der Waals surface area contributed by atoms with Crippen molar-refractivity contribution < 1.29 is 29.2 Å². The Labute approximate surface area is 168 Å². The molecule has 2 aromatic carbocycles. The number of carbonyl (C=O) groups is 1. The lowest BCUT2D eigenvalue weighted by Crippen LogP contribution is -3.13. The van der Waals surface area contributed by atoms with Gasteiger partial charge >= 0.3 is 0 Å². The third-order valence-electron chi connectivity index (χ3n) is 5.08. The Bertz CT molecular complexity index is 867. The average Bonchev–Trinajstić information content (AvgIpc) is 2.75. The lowest BCUT2D eigenvalue weighted by Gasteiger charge is -2.32. The van der Waals surface area contributed by atoms with Crippen molar-refractivity contribution in [2.45, 2.75) is 6.54 Å². The van der Waals surface area contributed by atoms with Crippen LogP contribution >= 0.6 is 0 Å². The van der Waals surface area contributed by atoms with Crippen molar-refractivity contribution in [3.05, 3.63) is 57.6 Å². The summed E-state index contributed by atoms with van der Waals surface area (Å²) in [5, 5.41) is 20.8. The molecule has 3 rings (SSSR count). The molecule has 1 amide bonds. The molecule has 1 saturated heterocycles. The minimum absolute atomic E-state index is 0.0211. The van der Waals surface area contributed by atoms with Crippen molar-refractivity contribution in [2.24, 2.45) is 0 Å². The van der Waals surface area contributed by atoms with Gasteiger partial charge in [-0.1, -0.05) is 0 Å². The van der Waals surface area contributed by atoms with E-state index in [0.717, 1.165) is 18.7 Å². The maximum atomic E-state index is 12.6. The van der Waals surface area contributed by atoms with Crippen LogP contribution in [0.25, 0.3) is 0 Å². The lowest BCUT2D eigenvalue weighted by molar-refractivity contribution is -0.917. The summed E-state index contributed by atoms with van der Waals surface area (Å²) in [6.07, 6.45) is 0. The molecule has 0 aromatic heterocycles. The Balaban J connectivity index is 1.60. The van der Waals surface area contributed by atoms with Crippen LogP contribution < -0.4 is 14.4 Å². The molecule has 1 heterocycles. The van der Waals surface area contributed by atoms with Crippen molar-refractivity contribution in [2.75, 3.05) is 40.4 Å². The quantitative estimate of drug-likeness (QED) is 0.548. The first-order chi connectivity index (χ1) is 13.9. The molecule has 9 heteroatoms. The summed E-state index contributed by atoms with van der Waals surface area (Å²) in [6, 6.07) is 9.27. The third-order valence-corrected chi connectivity index (χ3v) is 5.08. The van der Waals surface area contributed by atoms with Crippen LogP contribution in [0.15, 0.2) is 36.4 Å². The molecule has 154 valence electrons. The van der Waals surface area contributed by atoms with Crippen molar-refractivity contribution in [1.29, 1.82) is 0 Å². The van der Waals surface area contributed by atoms with Gasteiger partial charge in [-0.2, -0.15) is 0 Å². The maximum Gasteiger partial charge on any atom is 0.269 e. The van der Waals surface area contributed by atoms with Gasteiger partial charge in [-0.05, 0) is 24.3 Å². The molecule has 1 aliphatic heterocycles. The number of methoxy groups -OCH3 is 2. The highest BCUT2D eigenvalue weighted by Crippen LogP contribution is 2.36. The Hall–Kier alpha value is -3.33. The molecule has 0 bridgehead atoms. The van der Waals surface area contributed by atoms with E-state index in [-0.39, 0.29) is 17.3 Å². The van der Waals surface area contributed by atoms with Gasteiger partial charge in [0.05, 0.1) is 45.3 Å². The SMILES string of the molecule is COc1cc(C[NH+]2CCN(C(=O)c3ccc([N+](=O)[O-])cc3)CC2)cc(OC)c1O. The lowest BCUT2D eigenvalue weighted by atomic mass is 10.1. The molecule has 1 fully saturated rings. The number of carbonyl (C=O) groups excluding carboxylic acids is 1. The standard InChI is InChI=1S/C20H23N3O6/c1-28-17-11-14(12-18(29-2)19(17)24)13-21-7-9-22(10-8-21)20(25)15-3-5-16(6-4-15)23(26)27/h3-6,11-12,24H,7-10,13H2,1-2H3/p+1. The number of piperazine rings is 1. The summed E-state index contributed by atoms with van der Waals surface area (Å²) >= 11 is 0. The number of nitrogens with one attached hydrogen (secondary N) is 1. The summed E-state index contributed by atoms with van der Waals surface area (Å²) in [7, 11) is 2.99. The molecule has 9 nitrogen and oxygen atoms in total. The van der Waals surface area contributed by atoms with Gasteiger partial charge in [-0.15, -0.1) is 0 Å². The molecule has 2 N–H and O–H groups in total. The number of rotatable bonds is 6. The van der Waals surface area contributed by atoms with E-state index >= 15 is 0 Å². The maximum absolute atomic E-state index is 12.6. The number of nitro groups is 1. The molecule has 2 aromatic rings. The van der Waals surface area contributed by atoms with Gasteiger partial charge in [0.2, 0.25) is 5.75 Å². The van der Waals surface area contributed by atoms with Crippen LogP contribution in [0.5, 0.6) is 17.2 Å². The summed E-state index contributed by atoms with van der Waals surface area (Å²) < 4.78 is 10.4. The molecule has 0 aliphatic carbocycles. The number of hydrogen-bond acceptors (Lipinski definition) is 6. The van der Waals surface area contributed by atoms with Gasteiger partial charge in [-0.25, -0.2) is 0 Å². The largest absolute Gasteiger partial charge is 0.502 e. The predicted molar refractivity (Wildman–Crippen MR) is 105 cm³/mol. The first-order valence-electron chi connectivity index (χ1n) is 9.24. The van der Waals surface area contributed by atoms with Crippen LogP contribution in [0.2, 0.25) is 0 Å². The molecular weight excluding hydrogens is 378 g/mol. The second kappa shape index (κ2) is 8.78. The topological polar surface area (TPSA) is 107 Å². The first-order valence-corrected chi connectivity index (χ1v) is 9.24. The zero-order valence-corrected chi connectivity index (χ0v) is 16.4.